The van der Waals surface area contributed by atoms with Gasteiger partial charge in [0.2, 0.25) is 0 Å². The minimum Gasteiger partial charge on any atom is -0.382 e. The van der Waals surface area contributed by atoms with Crippen LogP contribution < -0.4 is 5.73 Å². The third-order valence-corrected chi connectivity index (χ3v) is 8.38. The Morgan fingerprint density at radius 2 is 1.45 bits per heavy atom. The van der Waals surface area contributed by atoms with Crippen molar-refractivity contribution in [3.8, 4) is 0 Å². The van der Waals surface area contributed by atoms with Crippen LogP contribution in [0.25, 0.3) is 11.2 Å². The zero-order chi connectivity index (χ0) is 30.3. The Morgan fingerprint density at radius 3 is 2.05 bits per heavy atom. The molecule has 2 aromatic heterocycles. The van der Waals surface area contributed by atoms with Crippen LogP contribution in [0.5, 0.6) is 0 Å². The molecule has 2 heterocycles. The highest BCUT2D eigenvalue weighted by atomic mass is 31.2. The summed E-state index contributed by atoms with van der Waals surface area (Å²) >= 11 is 0. The van der Waals surface area contributed by atoms with Gasteiger partial charge in [-0.2, -0.15) is 0 Å². The van der Waals surface area contributed by atoms with Crippen LogP contribution in [0, 0.1) is 0 Å². The smallest absolute Gasteiger partial charge is 0.353 e. The first-order chi connectivity index (χ1) is 20.5. The number of hydrogen-bond acceptors (Lipinski definition) is 9. The molecule has 2 atom stereocenters. The fraction of sp³-hybridized carbons (Fsp3) is 0.833. The Kier molecular flexibility index (Phi) is 19.9. The van der Waals surface area contributed by atoms with E-state index in [9.17, 15) is 9.46 Å². The number of nitrogens with zero attached hydrogens (tertiary/aromatic N) is 4. The molecule has 0 saturated heterocycles. The first kappa shape index (κ1) is 36.6. The van der Waals surface area contributed by atoms with Crippen LogP contribution in [-0.2, 0) is 29.8 Å². The van der Waals surface area contributed by atoms with E-state index >= 15 is 0 Å². The average molecular weight is 614 g/mol. The molecular weight excluding hydrogens is 557 g/mol. The van der Waals surface area contributed by atoms with Crippen LogP contribution in [0.4, 0.5) is 5.82 Å². The Hall–Kier alpha value is -1.62. The van der Waals surface area contributed by atoms with E-state index in [1.807, 2.05) is 0 Å². The Morgan fingerprint density at radius 1 is 0.857 bits per heavy atom. The number of hydrogen-bond donors (Lipinski definition) is 2. The minimum absolute atomic E-state index is 0.0350. The van der Waals surface area contributed by atoms with Crippen LogP contribution >= 0.6 is 7.60 Å². The first-order valence-electron chi connectivity index (χ1n) is 16.0. The van der Waals surface area contributed by atoms with Gasteiger partial charge in [-0.25, -0.2) is 15.0 Å². The highest BCUT2D eigenvalue weighted by Crippen LogP contribution is 2.41. The molecule has 0 bridgehead atoms. The molecule has 0 amide bonds. The highest BCUT2D eigenvalue weighted by Gasteiger charge is 2.23. The Balaban J connectivity index is 1.43. The number of anilines is 1. The SMILES string of the molecule is CCCCCCCCCCCCCCCCCCOCCOP(=O)(O)CO[C@@H](COC)Cn1cnc2c(N)ncnc21. The molecule has 0 aliphatic heterocycles. The summed E-state index contributed by atoms with van der Waals surface area (Å²) in [6, 6.07) is 0. The van der Waals surface area contributed by atoms with Gasteiger partial charge in [0.25, 0.3) is 0 Å². The summed E-state index contributed by atoms with van der Waals surface area (Å²) in [7, 11) is -2.40. The van der Waals surface area contributed by atoms with Crippen LogP contribution in [0.1, 0.15) is 110 Å². The van der Waals surface area contributed by atoms with Gasteiger partial charge in [-0.05, 0) is 6.42 Å². The van der Waals surface area contributed by atoms with Gasteiger partial charge in [0, 0.05) is 13.7 Å². The molecule has 0 saturated carbocycles. The first-order valence-corrected chi connectivity index (χ1v) is 17.8. The molecule has 3 N–H and O–H groups in total. The van der Waals surface area contributed by atoms with Gasteiger partial charge in [0.05, 0.1) is 38.8 Å². The summed E-state index contributed by atoms with van der Waals surface area (Å²) in [4.78, 5) is 22.5. The summed E-state index contributed by atoms with van der Waals surface area (Å²) in [6.45, 7) is 3.73. The maximum atomic E-state index is 12.4. The largest absolute Gasteiger partial charge is 0.382 e. The van der Waals surface area contributed by atoms with Gasteiger partial charge in [-0.15, -0.1) is 0 Å². The zero-order valence-electron chi connectivity index (χ0n) is 26.1. The molecule has 242 valence electrons. The molecule has 0 fully saturated rings. The van der Waals surface area contributed by atoms with E-state index in [0.717, 1.165) is 12.8 Å². The molecule has 42 heavy (non-hydrogen) atoms. The van der Waals surface area contributed by atoms with Crippen molar-refractivity contribution in [3.05, 3.63) is 12.7 Å². The lowest BCUT2D eigenvalue weighted by molar-refractivity contribution is 0.00122. The quantitative estimate of drug-likeness (QED) is 0.0770. The Bertz CT molecular complexity index is 994. The van der Waals surface area contributed by atoms with E-state index in [0.29, 0.717) is 24.3 Å². The second-order valence-electron chi connectivity index (χ2n) is 11.1. The van der Waals surface area contributed by atoms with E-state index in [2.05, 4.69) is 21.9 Å². The molecule has 2 rings (SSSR count). The molecular formula is C30H56N5O6P. The predicted octanol–water partition coefficient (Wildman–Crippen LogP) is 6.88. The van der Waals surface area contributed by atoms with E-state index in [1.165, 1.54) is 103 Å². The number of nitrogens with two attached hydrogens (primary N) is 1. The standard InChI is InChI=1S/C30H56N5O6P/c1-3-4-5-6-7-8-9-10-11-12-13-14-15-16-17-18-19-39-20-21-41-42(36,37)26-40-27(23-38-2)22-35-25-34-28-29(31)32-24-33-30(28)35/h24-25,27H,3-23,26H2,1-2H3,(H,36,37)(H2,31,32,33)/t27-/m1/s1. The van der Waals surface area contributed by atoms with Crippen molar-refractivity contribution in [2.45, 2.75) is 122 Å². The number of rotatable bonds is 28. The molecule has 11 nitrogen and oxygen atoms in total. The summed E-state index contributed by atoms with van der Waals surface area (Å²) < 4.78 is 35.8. The molecule has 0 radical (unpaired) electrons. The Labute approximate surface area is 252 Å². The van der Waals surface area contributed by atoms with Crippen LogP contribution in [0.3, 0.4) is 0 Å². The van der Waals surface area contributed by atoms with Crippen LogP contribution in [-0.4, -0.2) is 70.4 Å². The van der Waals surface area contributed by atoms with E-state index in [-0.39, 0.29) is 25.6 Å². The average Bonchev–Trinajstić information content (AvgIpc) is 3.39. The normalized spacial score (nSPS) is 14.0. The number of fused-ring (bicyclic) bond motifs is 1. The third kappa shape index (κ3) is 16.3. The van der Waals surface area contributed by atoms with Crippen molar-refractivity contribution in [2.24, 2.45) is 0 Å². The van der Waals surface area contributed by atoms with Crippen molar-refractivity contribution < 1.29 is 28.2 Å². The second kappa shape index (κ2) is 22.9. The van der Waals surface area contributed by atoms with Crippen molar-refractivity contribution in [1.29, 1.82) is 0 Å². The lowest BCUT2D eigenvalue weighted by atomic mass is 10.0. The summed E-state index contributed by atoms with van der Waals surface area (Å²) in [5, 5.41) is 0. The predicted molar refractivity (Wildman–Crippen MR) is 167 cm³/mol. The van der Waals surface area contributed by atoms with Crippen LogP contribution in [0.15, 0.2) is 12.7 Å². The van der Waals surface area contributed by atoms with E-state index < -0.39 is 20.0 Å². The van der Waals surface area contributed by atoms with Gasteiger partial charge in [0.15, 0.2) is 11.5 Å². The molecule has 2 aromatic rings. The maximum Gasteiger partial charge on any atom is 0.353 e. The summed E-state index contributed by atoms with van der Waals surface area (Å²) in [6.07, 6.45) is 23.3. The second-order valence-corrected chi connectivity index (χ2v) is 12.9. The van der Waals surface area contributed by atoms with Crippen molar-refractivity contribution in [1.82, 2.24) is 19.5 Å². The fourth-order valence-electron chi connectivity index (χ4n) is 4.92. The number of nitrogen functional groups attached to an aromatic ring is 1. The van der Waals surface area contributed by atoms with Crippen molar-refractivity contribution >= 4 is 24.6 Å². The minimum atomic E-state index is -3.94. The maximum absolute atomic E-state index is 12.4. The molecule has 0 spiro atoms. The van der Waals surface area contributed by atoms with Gasteiger partial charge in [-0.1, -0.05) is 103 Å². The summed E-state index contributed by atoms with van der Waals surface area (Å²) in [5.41, 5.74) is 6.88. The topological polar surface area (TPSA) is 144 Å². The number of imidazole rings is 1. The molecule has 1 unspecified atom stereocenters. The molecule has 0 aliphatic rings. The number of unbranched alkanes of at least 4 members (excludes halogenated alkanes) is 15. The zero-order valence-corrected chi connectivity index (χ0v) is 27.0. The fourth-order valence-corrected chi connectivity index (χ4v) is 5.75. The van der Waals surface area contributed by atoms with Gasteiger partial charge >= 0.3 is 7.60 Å². The summed E-state index contributed by atoms with van der Waals surface area (Å²) in [5.74, 6) is 0.285. The number of methoxy groups -OCH3 is 1. The number of aromatic nitrogens is 4. The third-order valence-electron chi connectivity index (χ3n) is 7.32. The monoisotopic (exact) mass is 613 g/mol. The van der Waals surface area contributed by atoms with Crippen LogP contribution in [0.2, 0.25) is 0 Å². The lowest BCUT2D eigenvalue weighted by Gasteiger charge is -2.20. The van der Waals surface area contributed by atoms with Crippen molar-refractivity contribution in [2.75, 3.05) is 45.6 Å². The highest BCUT2D eigenvalue weighted by molar-refractivity contribution is 7.52. The van der Waals surface area contributed by atoms with E-state index in [1.54, 1.807) is 10.9 Å². The lowest BCUT2D eigenvalue weighted by Crippen LogP contribution is -2.26. The van der Waals surface area contributed by atoms with E-state index in [4.69, 9.17) is 24.5 Å². The number of ether oxygens (including phenoxy) is 3. The molecule has 0 aromatic carbocycles. The van der Waals surface area contributed by atoms with Gasteiger partial charge in [-0.3, -0.25) is 4.57 Å². The molecule has 12 heteroatoms. The molecule has 0 aliphatic carbocycles. The van der Waals surface area contributed by atoms with Gasteiger partial charge < -0.3 is 33.9 Å². The van der Waals surface area contributed by atoms with Crippen molar-refractivity contribution in [3.63, 3.8) is 0 Å². The van der Waals surface area contributed by atoms with Gasteiger partial charge in [0.1, 0.15) is 18.2 Å².